The number of amides is 2. The molecule has 0 saturated heterocycles. The van der Waals surface area contributed by atoms with E-state index in [9.17, 15) is 14.7 Å². The van der Waals surface area contributed by atoms with Crippen LogP contribution in [0, 0.1) is 6.92 Å². The second-order valence-electron chi connectivity index (χ2n) is 9.90. The molecular weight excluding hydrogens is 536 g/mol. The zero-order chi connectivity index (χ0) is 29.2. The normalized spacial score (nSPS) is 12.4. The number of hydrogen-bond acceptors (Lipinski definition) is 7. The second-order valence-corrected chi connectivity index (χ2v) is 10.8. The molecule has 0 aliphatic heterocycles. The van der Waals surface area contributed by atoms with Crippen LogP contribution in [0.15, 0.2) is 84.2 Å². The topological polar surface area (TPSA) is 104 Å². The molecule has 3 aromatic carbocycles. The number of aliphatic hydroxyl groups is 1. The molecule has 0 aliphatic rings. The number of nitrogens with one attached hydrogen (secondary N) is 2. The molecule has 0 spiro atoms. The Morgan fingerprint density at radius 2 is 1.76 bits per heavy atom. The van der Waals surface area contributed by atoms with Crippen molar-refractivity contribution in [3.8, 4) is 5.75 Å². The number of carbonyl (C=O) groups excluding carboxylic acids is 2. The number of methoxy groups -OCH3 is 1. The highest BCUT2D eigenvalue weighted by Crippen LogP contribution is 2.17. The molecule has 4 aromatic rings. The van der Waals surface area contributed by atoms with E-state index < -0.39 is 12.1 Å². The van der Waals surface area contributed by atoms with E-state index in [-0.39, 0.29) is 18.4 Å². The summed E-state index contributed by atoms with van der Waals surface area (Å²) in [6.07, 6.45) is -0.426. The number of benzene rings is 3. The summed E-state index contributed by atoms with van der Waals surface area (Å²) < 4.78 is 5.41. The predicted octanol–water partition coefficient (Wildman–Crippen LogP) is 4.22. The molecule has 0 radical (unpaired) electrons. The summed E-state index contributed by atoms with van der Waals surface area (Å²) in [6, 6.07) is 23.5. The van der Waals surface area contributed by atoms with Crippen LogP contribution in [0.2, 0.25) is 0 Å². The van der Waals surface area contributed by atoms with Crippen molar-refractivity contribution in [2.45, 2.75) is 38.6 Å². The molecule has 214 valence electrons. The van der Waals surface area contributed by atoms with Crippen LogP contribution < -0.4 is 15.4 Å². The minimum atomic E-state index is -0.869. The lowest BCUT2D eigenvalue weighted by Crippen LogP contribution is -2.48. The Kier molecular flexibility index (Phi) is 10.6. The van der Waals surface area contributed by atoms with Gasteiger partial charge in [0.15, 0.2) is 0 Å². The highest BCUT2D eigenvalue weighted by Gasteiger charge is 2.23. The molecule has 1 heterocycles. The van der Waals surface area contributed by atoms with Crippen molar-refractivity contribution in [3.63, 3.8) is 0 Å². The number of carbonyl (C=O) groups is 2. The Morgan fingerprint density at radius 3 is 2.49 bits per heavy atom. The molecule has 41 heavy (non-hydrogen) atoms. The SMILES string of the molecule is COc1ccccc1CNCC(O)C(Cc1ccccc1)NC(=O)c1cccc(C(=O)N(C)Cc2nc(C)cs2)c1. The maximum atomic E-state index is 13.4. The van der Waals surface area contributed by atoms with Crippen LogP contribution in [-0.2, 0) is 19.5 Å². The standard InChI is InChI=1S/C32H36N4O4S/c1-22-21-41-30(34-22)20-36(2)32(39)25-14-9-13-24(17-25)31(38)35-27(16-23-10-5-4-6-11-23)28(37)19-33-18-26-12-7-8-15-29(26)40-3/h4-15,17,21,27-28,33,37H,16,18-20H2,1-3H3,(H,35,38). The van der Waals surface area contributed by atoms with Gasteiger partial charge in [0.1, 0.15) is 10.8 Å². The molecule has 0 fully saturated rings. The zero-order valence-electron chi connectivity index (χ0n) is 23.5. The molecule has 2 unspecified atom stereocenters. The molecule has 3 N–H and O–H groups in total. The van der Waals surface area contributed by atoms with Crippen LogP contribution in [0.5, 0.6) is 5.75 Å². The molecule has 4 rings (SSSR count). The summed E-state index contributed by atoms with van der Waals surface area (Å²) in [5.74, 6) is 0.210. The van der Waals surface area contributed by atoms with E-state index >= 15 is 0 Å². The zero-order valence-corrected chi connectivity index (χ0v) is 24.4. The minimum Gasteiger partial charge on any atom is -0.496 e. The average molecular weight is 573 g/mol. The third-order valence-electron chi connectivity index (χ3n) is 6.70. The number of aryl methyl sites for hydroxylation is 1. The van der Waals surface area contributed by atoms with E-state index in [1.165, 1.54) is 11.3 Å². The van der Waals surface area contributed by atoms with Crippen LogP contribution >= 0.6 is 11.3 Å². The average Bonchev–Trinajstić information content (AvgIpc) is 3.41. The van der Waals surface area contributed by atoms with Crippen molar-refractivity contribution in [2.24, 2.45) is 0 Å². The fourth-order valence-corrected chi connectivity index (χ4v) is 5.34. The third-order valence-corrected chi connectivity index (χ3v) is 7.65. The van der Waals surface area contributed by atoms with Gasteiger partial charge in [-0.2, -0.15) is 0 Å². The van der Waals surface area contributed by atoms with E-state index in [4.69, 9.17) is 4.74 Å². The number of aromatic nitrogens is 1. The maximum absolute atomic E-state index is 13.4. The Balaban J connectivity index is 1.43. The fraction of sp³-hybridized carbons (Fsp3) is 0.281. The van der Waals surface area contributed by atoms with Gasteiger partial charge in [-0.25, -0.2) is 4.98 Å². The number of hydrogen-bond donors (Lipinski definition) is 3. The van der Waals surface area contributed by atoms with Crippen LogP contribution in [0.3, 0.4) is 0 Å². The van der Waals surface area contributed by atoms with Crippen LogP contribution in [0.4, 0.5) is 0 Å². The Morgan fingerprint density at radius 1 is 1.02 bits per heavy atom. The first-order valence-electron chi connectivity index (χ1n) is 13.5. The van der Waals surface area contributed by atoms with Crippen molar-refractivity contribution < 1.29 is 19.4 Å². The molecule has 0 saturated carbocycles. The highest BCUT2D eigenvalue weighted by atomic mass is 32.1. The van der Waals surface area contributed by atoms with Gasteiger partial charge in [-0.1, -0.05) is 54.6 Å². The lowest BCUT2D eigenvalue weighted by Gasteiger charge is -2.25. The van der Waals surface area contributed by atoms with E-state index in [2.05, 4.69) is 15.6 Å². The third kappa shape index (κ3) is 8.47. The molecule has 0 aliphatic carbocycles. The van der Waals surface area contributed by atoms with Crippen molar-refractivity contribution in [2.75, 3.05) is 20.7 Å². The predicted molar refractivity (Wildman–Crippen MR) is 161 cm³/mol. The number of para-hydroxylation sites is 1. The maximum Gasteiger partial charge on any atom is 0.253 e. The highest BCUT2D eigenvalue weighted by molar-refractivity contribution is 7.09. The molecule has 1 aromatic heterocycles. The molecular formula is C32H36N4O4S. The Bertz CT molecular complexity index is 1440. The molecule has 2 atom stereocenters. The van der Waals surface area contributed by atoms with Crippen molar-refractivity contribution in [1.82, 2.24) is 20.5 Å². The second kappa shape index (κ2) is 14.5. The van der Waals surface area contributed by atoms with Gasteiger partial charge in [-0.3, -0.25) is 9.59 Å². The smallest absolute Gasteiger partial charge is 0.253 e. The van der Waals surface area contributed by atoms with Crippen molar-refractivity contribution >= 4 is 23.2 Å². The van der Waals surface area contributed by atoms with Crippen molar-refractivity contribution in [3.05, 3.63) is 117 Å². The molecule has 0 bridgehead atoms. The summed E-state index contributed by atoms with van der Waals surface area (Å²) in [4.78, 5) is 32.5. The summed E-state index contributed by atoms with van der Waals surface area (Å²) in [5.41, 5.74) is 3.65. The molecule has 8 nitrogen and oxygen atoms in total. The molecule has 9 heteroatoms. The lowest BCUT2D eigenvalue weighted by atomic mass is 10.00. The number of rotatable bonds is 13. The van der Waals surface area contributed by atoms with Gasteiger partial charge in [0.25, 0.3) is 11.8 Å². The first-order chi connectivity index (χ1) is 19.8. The van der Waals surface area contributed by atoms with Gasteiger partial charge < -0.3 is 25.4 Å². The largest absolute Gasteiger partial charge is 0.496 e. The first kappa shape index (κ1) is 29.9. The summed E-state index contributed by atoms with van der Waals surface area (Å²) in [6.45, 7) is 3.07. The van der Waals surface area contributed by atoms with Gasteiger partial charge in [-0.05, 0) is 43.2 Å². The number of nitrogens with zero attached hydrogens (tertiary/aromatic N) is 2. The van der Waals surface area contributed by atoms with Gasteiger partial charge in [0.05, 0.1) is 25.8 Å². The quantitative estimate of drug-likeness (QED) is 0.222. The van der Waals surface area contributed by atoms with E-state index in [1.807, 2.05) is 66.9 Å². The summed E-state index contributed by atoms with van der Waals surface area (Å²) in [7, 11) is 3.34. The van der Waals surface area contributed by atoms with E-state index in [0.717, 1.165) is 27.6 Å². The monoisotopic (exact) mass is 572 g/mol. The molecule has 2 amide bonds. The number of aliphatic hydroxyl groups excluding tert-OH is 1. The Hall–Kier alpha value is -4.05. The van der Waals surface area contributed by atoms with Gasteiger partial charge >= 0.3 is 0 Å². The first-order valence-corrected chi connectivity index (χ1v) is 14.3. The van der Waals surface area contributed by atoms with E-state index in [1.54, 1.807) is 43.3 Å². The summed E-state index contributed by atoms with van der Waals surface area (Å²) >= 11 is 1.51. The fourth-order valence-electron chi connectivity index (χ4n) is 4.51. The number of ether oxygens (including phenoxy) is 1. The number of thiazole rings is 1. The van der Waals surface area contributed by atoms with Crippen LogP contribution in [-0.4, -0.2) is 59.7 Å². The Labute approximate surface area is 245 Å². The van der Waals surface area contributed by atoms with Crippen LogP contribution in [0.1, 0.15) is 42.5 Å². The van der Waals surface area contributed by atoms with E-state index in [0.29, 0.717) is 30.6 Å². The summed E-state index contributed by atoms with van der Waals surface area (Å²) in [5, 5.41) is 20.2. The van der Waals surface area contributed by atoms with Gasteiger partial charge in [0.2, 0.25) is 0 Å². The van der Waals surface area contributed by atoms with Gasteiger partial charge in [-0.15, -0.1) is 11.3 Å². The van der Waals surface area contributed by atoms with Crippen LogP contribution in [0.25, 0.3) is 0 Å². The van der Waals surface area contributed by atoms with Crippen molar-refractivity contribution in [1.29, 1.82) is 0 Å². The minimum absolute atomic E-state index is 0.200. The van der Waals surface area contributed by atoms with Gasteiger partial charge in [0, 0.05) is 47.9 Å². The lowest BCUT2D eigenvalue weighted by molar-refractivity contribution is 0.0784.